The number of hydrogen-bond acceptors (Lipinski definition) is 4. The molecule has 1 unspecified atom stereocenters. The summed E-state index contributed by atoms with van der Waals surface area (Å²) in [6.07, 6.45) is 1.78. The van der Waals surface area contributed by atoms with Gasteiger partial charge >= 0.3 is 11.9 Å². The topological polar surface area (TPSA) is 52.6 Å². The van der Waals surface area contributed by atoms with Crippen molar-refractivity contribution in [2.24, 2.45) is 5.41 Å². The molecule has 0 saturated carbocycles. The lowest BCUT2D eigenvalue weighted by Gasteiger charge is -2.23. The molecule has 0 aliphatic carbocycles. The largest absolute Gasteiger partial charge is 0.466 e. The molecule has 0 aliphatic rings. The number of ether oxygens (including phenoxy) is 2. The van der Waals surface area contributed by atoms with Crippen LogP contribution in [0.5, 0.6) is 0 Å². The van der Waals surface area contributed by atoms with E-state index >= 15 is 0 Å². The third-order valence-electron chi connectivity index (χ3n) is 2.30. The molecule has 0 aromatic heterocycles. The fourth-order valence-corrected chi connectivity index (χ4v) is 1.80. The Morgan fingerprint density at radius 2 is 1.67 bits per heavy atom. The van der Waals surface area contributed by atoms with Gasteiger partial charge in [-0.05, 0) is 32.1 Å². The van der Waals surface area contributed by atoms with Crippen molar-refractivity contribution < 1.29 is 19.1 Å². The highest BCUT2D eigenvalue weighted by Crippen LogP contribution is 2.22. The molecule has 0 aromatic rings. The average Bonchev–Trinajstić information content (AvgIpc) is 2.14. The molecule has 0 spiro atoms. The summed E-state index contributed by atoms with van der Waals surface area (Å²) in [7, 11) is 0. The van der Waals surface area contributed by atoms with Gasteiger partial charge in [0.05, 0.1) is 12.7 Å². The Morgan fingerprint density at radius 3 is 2.17 bits per heavy atom. The zero-order valence-corrected chi connectivity index (χ0v) is 12.2. The molecule has 0 bridgehead atoms. The lowest BCUT2D eigenvalue weighted by molar-refractivity contribution is -0.149. The zero-order valence-electron chi connectivity index (χ0n) is 12.2. The van der Waals surface area contributed by atoms with Gasteiger partial charge in [-0.15, -0.1) is 0 Å². The molecule has 0 fully saturated rings. The van der Waals surface area contributed by atoms with Crippen LogP contribution in [0.25, 0.3) is 0 Å². The average molecular weight is 258 g/mol. The maximum Gasteiger partial charge on any atom is 0.306 e. The second kappa shape index (κ2) is 8.11. The summed E-state index contributed by atoms with van der Waals surface area (Å²) >= 11 is 0. The van der Waals surface area contributed by atoms with Crippen molar-refractivity contribution >= 4 is 11.9 Å². The standard InChI is InChI=1S/C14H26O4/c1-6-17-12(15)8-7-9-13(16)18-11(2)10-14(3,4)5/h11H,6-10H2,1-5H3. The Morgan fingerprint density at radius 1 is 1.11 bits per heavy atom. The molecule has 106 valence electrons. The summed E-state index contributed by atoms with van der Waals surface area (Å²) in [5.74, 6) is -0.496. The maximum absolute atomic E-state index is 11.5. The third-order valence-corrected chi connectivity index (χ3v) is 2.30. The quantitative estimate of drug-likeness (QED) is 0.658. The molecule has 0 rings (SSSR count). The van der Waals surface area contributed by atoms with E-state index in [4.69, 9.17) is 9.47 Å². The van der Waals surface area contributed by atoms with Crippen LogP contribution in [0.2, 0.25) is 0 Å². The van der Waals surface area contributed by atoms with Gasteiger partial charge in [0.1, 0.15) is 0 Å². The SMILES string of the molecule is CCOC(=O)CCCC(=O)OC(C)CC(C)(C)C. The Kier molecular flexibility index (Phi) is 7.64. The van der Waals surface area contributed by atoms with Gasteiger partial charge in [-0.25, -0.2) is 0 Å². The summed E-state index contributed by atoms with van der Waals surface area (Å²) in [6.45, 7) is 10.4. The monoisotopic (exact) mass is 258 g/mol. The molecule has 4 heteroatoms. The summed E-state index contributed by atoms with van der Waals surface area (Å²) < 4.78 is 10.1. The first kappa shape index (κ1) is 16.9. The van der Waals surface area contributed by atoms with Crippen molar-refractivity contribution in [3.63, 3.8) is 0 Å². The molecule has 18 heavy (non-hydrogen) atoms. The van der Waals surface area contributed by atoms with Crippen molar-refractivity contribution in [2.45, 2.75) is 66.4 Å². The maximum atomic E-state index is 11.5. The van der Waals surface area contributed by atoms with Crippen LogP contribution in [-0.2, 0) is 19.1 Å². The van der Waals surface area contributed by atoms with Crippen LogP contribution in [-0.4, -0.2) is 24.6 Å². The number of esters is 2. The van der Waals surface area contributed by atoms with E-state index < -0.39 is 0 Å². The van der Waals surface area contributed by atoms with E-state index in [0.717, 1.165) is 6.42 Å². The van der Waals surface area contributed by atoms with Crippen molar-refractivity contribution in [2.75, 3.05) is 6.61 Å². The van der Waals surface area contributed by atoms with Crippen LogP contribution in [0.1, 0.15) is 60.3 Å². The van der Waals surface area contributed by atoms with Crippen molar-refractivity contribution in [1.29, 1.82) is 0 Å². The van der Waals surface area contributed by atoms with Gasteiger partial charge < -0.3 is 9.47 Å². The summed E-state index contributed by atoms with van der Waals surface area (Å²) in [5.41, 5.74) is 0.143. The van der Waals surface area contributed by atoms with Crippen molar-refractivity contribution in [3.05, 3.63) is 0 Å². The van der Waals surface area contributed by atoms with Gasteiger partial charge in [0.2, 0.25) is 0 Å². The summed E-state index contributed by atoms with van der Waals surface area (Å²) in [4.78, 5) is 22.6. The summed E-state index contributed by atoms with van der Waals surface area (Å²) in [5, 5.41) is 0. The van der Waals surface area contributed by atoms with Crippen LogP contribution in [0.4, 0.5) is 0 Å². The first-order valence-electron chi connectivity index (χ1n) is 6.59. The lowest BCUT2D eigenvalue weighted by atomic mass is 9.90. The van der Waals surface area contributed by atoms with Crippen molar-refractivity contribution in [1.82, 2.24) is 0 Å². The van der Waals surface area contributed by atoms with E-state index in [9.17, 15) is 9.59 Å². The molecule has 0 N–H and O–H groups in total. The van der Waals surface area contributed by atoms with Gasteiger partial charge in [0.25, 0.3) is 0 Å². The van der Waals surface area contributed by atoms with Gasteiger partial charge in [0, 0.05) is 12.8 Å². The fourth-order valence-electron chi connectivity index (χ4n) is 1.80. The second-order valence-electron chi connectivity index (χ2n) is 5.72. The Balaban J connectivity index is 3.74. The Labute approximate surface area is 110 Å². The van der Waals surface area contributed by atoms with Crippen LogP contribution in [0.3, 0.4) is 0 Å². The van der Waals surface area contributed by atoms with Crippen LogP contribution < -0.4 is 0 Å². The summed E-state index contributed by atoms with van der Waals surface area (Å²) in [6, 6.07) is 0. The molecule has 1 atom stereocenters. The molecule has 0 heterocycles. The lowest BCUT2D eigenvalue weighted by Crippen LogP contribution is -2.21. The van der Waals surface area contributed by atoms with E-state index in [1.807, 2.05) is 6.92 Å². The normalized spacial score (nSPS) is 12.9. The van der Waals surface area contributed by atoms with E-state index in [2.05, 4.69) is 20.8 Å². The number of carbonyl (C=O) groups is 2. The Bertz CT molecular complexity index is 265. The van der Waals surface area contributed by atoms with Crippen LogP contribution in [0.15, 0.2) is 0 Å². The minimum Gasteiger partial charge on any atom is -0.466 e. The van der Waals surface area contributed by atoms with E-state index in [1.54, 1.807) is 6.92 Å². The van der Waals surface area contributed by atoms with Crippen LogP contribution >= 0.6 is 0 Å². The minimum atomic E-state index is -0.256. The number of rotatable bonds is 7. The smallest absolute Gasteiger partial charge is 0.306 e. The Hall–Kier alpha value is -1.06. The highest BCUT2D eigenvalue weighted by molar-refractivity contribution is 5.72. The second-order valence-corrected chi connectivity index (χ2v) is 5.72. The molecular formula is C14H26O4. The molecule has 0 aliphatic heterocycles. The van der Waals surface area contributed by atoms with Gasteiger partial charge in [-0.3, -0.25) is 9.59 Å². The molecule has 4 nitrogen and oxygen atoms in total. The van der Waals surface area contributed by atoms with Gasteiger partial charge in [0.15, 0.2) is 0 Å². The minimum absolute atomic E-state index is 0.0832. The highest BCUT2D eigenvalue weighted by Gasteiger charge is 2.18. The van der Waals surface area contributed by atoms with E-state index in [-0.39, 0.29) is 36.3 Å². The van der Waals surface area contributed by atoms with Gasteiger partial charge in [-0.2, -0.15) is 0 Å². The first-order valence-corrected chi connectivity index (χ1v) is 6.59. The predicted octanol–water partition coefficient (Wildman–Crippen LogP) is 3.09. The highest BCUT2D eigenvalue weighted by atomic mass is 16.5. The van der Waals surface area contributed by atoms with E-state index in [0.29, 0.717) is 13.0 Å². The third kappa shape index (κ3) is 10.1. The van der Waals surface area contributed by atoms with E-state index in [1.165, 1.54) is 0 Å². The first-order chi connectivity index (χ1) is 8.24. The number of carbonyl (C=O) groups excluding carboxylic acids is 2. The molecular weight excluding hydrogens is 232 g/mol. The van der Waals surface area contributed by atoms with Crippen LogP contribution in [0, 0.1) is 5.41 Å². The zero-order chi connectivity index (χ0) is 14.2. The fraction of sp³-hybridized carbons (Fsp3) is 0.857. The van der Waals surface area contributed by atoms with Crippen molar-refractivity contribution in [3.8, 4) is 0 Å². The molecule has 0 saturated heterocycles. The number of hydrogen-bond donors (Lipinski definition) is 0. The predicted molar refractivity (Wildman–Crippen MR) is 70.1 cm³/mol. The molecule has 0 amide bonds. The van der Waals surface area contributed by atoms with Gasteiger partial charge in [-0.1, -0.05) is 20.8 Å². The molecule has 0 radical (unpaired) electrons. The molecule has 0 aromatic carbocycles.